The molecule has 0 unspecified atom stereocenters. The van der Waals surface area contributed by atoms with Gasteiger partial charge in [0, 0.05) is 37.2 Å². The first-order valence-electron chi connectivity index (χ1n) is 9.13. The highest BCUT2D eigenvalue weighted by Gasteiger charge is 2.06. The smallest absolute Gasteiger partial charge is 0.191 e. The topological polar surface area (TPSA) is 82.9 Å². The number of benzene rings is 1. The first-order chi connectivity index (χ1) is 13.1. The molecule has 2 heterocycles. The molecule has 28 heavy (non-hydrogen) atoms. The number of aromatic nitrogens is 4. The van der Waals surface area contributed by atoms with E-state index < -0.39 is 0 Å². The van der Waals surface area contributed by atoms with E-state index in [4.69, 9.17) is 0 Å². The van der Waals surface area contributed by atoms with Crippen molar-refractivity contribution in [3.05, 3.63) is 59.8 Å². The molecule has 0 atom stereocenters. The number of hydrogen-bond acceptors (Lipinski definition) is 3. The predicted molar refractivity (Wildman–Crippen MR) is 125 cm³/mol. The lowest BCUT2D eigenvalue weighted by atomic mass is 10.1. The Kier molecular flexibility index (Phi) is 8.04. The largest absolute Gasteiger partial charge is 0.361 e. The van der Waals surface area contributed by atoms with Crippen LogP contribution < -0.4 is 10.6 Å². The molecule has 3 rings (SSSR count). The van der Waals surface area contributed by atoms with Crippen LogP contribution >= 0.6 is 24.0 Å². The van der Waals surface area contributed by atoms with Crippen molar-refractivity contribution >= 4 is 40.8 Å². The van der Waals surface area contributed by atoms with E-state index in [1.54, 1.807) is 0 Å². The van der Waals surface area contributed by atoms with Crippen molar-refractivity contribution in [2.75, 3.05) is 13.1 Å². The van der Waals surface area contributed by atoms with Crippen molar-refractivity contribution in [3.8, 4) is 0 Å². The van der Waals surface area contributed by atoms with Crippen molar-refractivity contribution in [3.63, 3.8) is 0 Å². The zero-order valence-electron chi connectivity index (χ0n) is 16.6. The third-order valence-electron chi connectivity index (χ3n) is 4.58. The van der Waals surface area contributed by atoms with Crippen LogP contribution in [0.15, 0.2) is 42.0 Å². The zero-order chi connectivity index (χ0) is 19.2. The molecule has 3 aromatic rings. The molecule has 0 fully saturated rings. The van der Waals surface area contributed by atoms with E-state index in [2.05, 4.69) is 68.7 Å². The Morgan fingerprint density at radius 2 is 2.11 bits per heavy atom. The highest BCUT2D eigenvalue weighted by Crippen LogP contribution is 2.19. The quantitative estimate of drug-likeness (QED) is 0.205. The van der Waals surface area contributed by atoms with Crippen LogP contribution in [0.4, 0.5) is 0 Å². The van der Waals surface area contributed by atoms with Crippen LogP contribution in [0.3, 0.4) is 0 Å². The maximum Gasteiger partial charge on any atom is 0.191 e. The third-order valence-corrected chi connectivity index (χ3v) is 4.58. The van der Waals surface area contributed by atoms with Crippen molar-refractivity contribution in [2.24, 2.45) is 12.0 Å². The van der Waals surface area contributed by atoms with E-state index in [0.29, 0.717) is 13.1 Å². The van der Waals surface area contributed by atoms with Gasteiger partial charge in [0.25, 0.3) is 0 Å². The Morgan fingerprint density at radius 3 is 2.82 bits per heavy atom. The van der Waals surface area contributed by atoms with Gasteiger partial charge in [-0.2, -0.15) is 0 Å². The number of nitrogens with one attached hydrogen (secondary N) is 3. The summed E-state index contributed by atoms with van der Waals surface area (Å²) in [5.74, 6) is 2.45. The number of aromatic amines is 1. The van der Waals surface area contributed by atoms with Crippen LogP contribution in [-0.2, 0) is 20.0 Å². The molecular weight excluding hydrogens is 465 g/mol. The average Bonchev–Trinajstić information content (AvgIpc) is 3.20. The van der Waals surface area contributed by atoms with E-state index in [9.17, 15) is 0 Å². The number of nitrogens with zero attached hydrogens (tertiary/aromatic N) is 4. The number of aryl methyl sites for hydroxylation is 2. The number of guanidine groups is 1. The summed E-state index contributed by atoms with van der Waals surface area (Å²) in [4.78, 5) is 7.97. The van der Waals surface area contributed by atoms with Crippen LogP contribution in [0.5, 0.6) is 0 Å². The molecule has 8 heteroatoms. The van der Waals surface area contributed by atoms with Gasteiger partial charge in [-0.25, -0.2) is 4.99 Å². The first-order valence-corrected chi connectivity index (χ1v) is 9.13. The molecular formula is C20H28IN7. The van der Waals surface area contributed by atoms with Gasteiger partial charge in [-0.1, -0.05) is 18.2 Å². The average molecular weight is 493 g/mol. The fourth-order valence-corrected chi connectivity index (χ4v) is 2.90. The molecule has 0 saturated carbocycles. The van der Waals surface area contributed by atoms with E-state index in [1.165, 1.54) is 22.0 Å². The maximum atomic E-state index is 4.61. The van der Waals surface area contributed by atoms with Gasteiger partial charge in [0.2, 0.25) is 0 Å². The van der Waals surface area contributed by atoms with Gasteiger partial charge in [0.15, 0.2) is 11.8 Å². The summed E-state index contributed by atoms with van der Waals surface area (Å²) in [6.45, 7) is 9.69. The highest BCUT2D eigenvalue weighted by molar-refractivity contribution is 14.0. The number of hydrogen-bond donors (Lipinski definition) is 3. The lowest BCUT2D eigenvalue weighted by molar-refractivity contribution is 0.757. The van der Waals surface area contributed by atoms with Gasteiger partial charge in [0.05, 0.1) is 0 Å². The second-order valence-corrected chi connectivity index (χ2v) is 6.60. The number of fused-ring (bicyclic) bond motifs is 1. The van der Waals surface area contributed by atoms with Gasteiger partial charge in [0.1, 0.15) is 12.4 Å². The summed E-state index contributed by atoms with van der Waals surface area (Å²) in [7, 11) is 1.95. The maximum absolute atomic E-state index is 4.61. The van der Waals surface area contributed by atoms with Crippen molar-refractivity contribution in [1.29, 1.82) is 0 Å². The Balaban J connectivity index is 0.00000280. The van der Waals surface area contributed by atoms with Gasteiger partial charge in [-0.15, -0.1) is 40.8 Å². The molecule has 2 aromatic heterocycles. The molecule has 0 saturated heterocycles. The normalized spacial score (nSPS) is 11.3. The summed E-state index contributed by atoms with van der Waals surface area (Å²) in [6, 6.07) is 6.50. The molecule has 7 nitrogen and oxygen atoms in total. The minimum Gasteiger partial charge on any atom is -0.361 e. The molecule has 0 aliphatic heterocycles. The van der Waals surface area contributed by atoms with E-state index in [1.807, 2.05) is 24.6 Å². The van der Waals surface area contributed by atoms with E-state index >= 15 is 0 Å². The molecule has 3 N–H and O–H groups in total. The fraction of sp³-hybridized carbons (Fsp3) is 0.350. The summed E-state index contributed by atoms with van der Waals surface area (Å²) >= 11 is 0. The standard InChI is InChI=1S/C20H27N7.HI/c1-5-9-21-20(24-13-19-26-25-15(3)27(19)4)22-10-8-16-12-23-18-11-14(2)6-7-17(16)18;/h5-7,11-12,23H,1,8-10,13H2,2-4H3,(H2,21,22,24);1H. The molecule has 0 radical (unpaired) electrons. The molecule has 150 valence electrons. The number of rotatable bonds is 7. The van der Waals surface area contributed by atoms with Crippen molar-refractivity contribution in [2.45, 2.75) is 26.8 Å². The van der Waals surface area contributed by atoms with Crippen molar-refractivity contribution in [1.82, 2.24) is 30.4 Å². The second-order valence-electron chi connectivity index (χ2n) is 6.60. The Hall–Kier alpha value is -2.36. The molecule has 0 amide bonds. The minimum absolute atomic E-state index is 0. The third kappa shape index (κ3) is 5.34. The van der Waals surface area contributed by atoms with Crippen LogP contribution in [0.2, 0.25) is 0 Å². The Bertz CT molecular complexity index is 955. The number of aliphatic imine (C=N–C) groups is 1. The monoisotopic (exact) mass is 493 g/mol. The van der Waals surface area contributed by atoms with Gasteiger partial charge >= 0.3 is 0 Å². The Morgan fingerprint density at radius 1 is 1.29 bits per heavy atom. The molecule has 0 spiro atoms. The Labute approximate surface area is 182 Å². The summed E-state index contributed by atoms with van der Waals surface area (Å²) in [5, 5.41) is 16.1. The minimum atomic E-state index is 0. The van der Waals surface area contributed by atoms with E-state index in [-0.39, 0.29) is 24.0 Å². The van der Waals surface area contributed by atoms with Gasteiger partial charge < -0.3 is 20.2 Å². The lowest BCUT2D eigenvalue weighted by Crippen LogP contribution is -2.38. The summed E-state index contributed by atoms with van der Waals surface area (Å²) in [6.07, 6.45) is 4.80. The van der Waals surface area contributed by atoms with Crippen LogP contribution in [-0.4, -0.2) is 38.8 Å². The number of halogens is 1. The molecule has 0 aliphatic rings. The van der Waals surface area contributed by atoms with Crippen LogP contribution in [0.1, 0.15) is 22.8 Å². The van der Waals surface area contributed by atoms with Crippen LogP contribution in [0, 0.1) is 13.8 Å². The van der Waals surface area contributed by atoms with Crippen LogP contribution in [0.25, 0.3) is 10.9 Å². The predicted octanol–water partition coefficient (Wildman–Crippen LogP) is 3.00. The fourth-order valence-electron chi connectivity index (χ4n) is 2.90. The molecule has 0 bridgehead atoms. The SMILES string of the molecule is C=CCNC(=NCc1nnc(C)n1C)NCCc1c[nH]c2cc(C)ccc12.I. The summed E-state index contributed by atoms with van der Waals surface area (Å²) in [5.41, 5.74) is 3.74. The number of H-pyrrole nitrogens is 1. The second kappa shape index (κ2) is 10.3. The zero-order valence-corrected chi connectivity index (χ0v) is 18.9. The molecule has 1 aromatic carbocycles. The van der Waals surface area contributed by atoms with Crippen molar-refractivity contribution < 1.29 is 0 Å². The highest BCUT2D eigenvalue weighted by atomic mass is 127. The first kappa shape index (κ1) is 21.9. The molecule has 0 aliphatic carbocycles. The van der Waals surface area contributed by atoms with E-state index in [0.717, 1.165) is 30.6 Å². The summed E-state index contributed by atoms with van der Waals surface area (Å²) < 4.78 is 1.95. The lowest BCUT2D eigenvalue weighted by Gasteiger charge is -2.11. The van der Waals surface area contributed by atoms with Gasteiger partial charge in [-0.3, -0.25) is 0 Å². The van der Waals surface area contributed by atoms with Gasteiger partial charge in [-0.05, 0) is 37.5 Å².